The van der Waals surface area contributed by atoms with Crippen molar-refractivity contribution in [2.45, 2.75) is 19.3 Å². The summed E-state index contributed by atoms with van der Waals surface area (Å²) in [5.74, 6) is -1.87. The van der Waals surface area contributed by atoms with Gasteiger partial charge in [-0.3, -0.25) is 0 Å². The third kappa shape index (κ3) is 1.46. The normalized spacial score (nSPS) is 37.3. The largest absolute Gasteiger partial charge is 0.386 e. The third-order valence-corrected chi connectivity index (χ3v) is 4.63. The highest BCUT2D eigenvalue weighted by Crippen LogP contribution is 2.64. The number of aliphatic imine (C=N–C) groups is 1. The monoisotopic (exact) mass is 304 g/mol. The number of nitrogens with zero attached hydrogens (tertiary/aromatic N) is 5. The van der Waals surface area contributed by atoms with Crippen molar-refractivity contribution in [1.29, 1.82) is 10.5 Å². The van der Waals surface area contributed by atoms with E-state index in [9.17, 15) is 10.5 Å². The van der Waals surface area contributed by atoms with E-state index in [1.165, 1.54) is 14.2 Å². The topological polar surface area (TPSA) is 120 Å². The molecule has 2 aliphatic rings. The summed E-state index contributed by atoms with van der Waals surface area (Å²) in [5, 5.41) is 25.9. The average molecular weight is 304 g/mol. The van der Waals surface area contributed by atoms with E-state index >= 15 is 0 Å². The van der Waals surface area contributed by atoms with Crippen molar-refractivity contribution in [2.75, 3.05) is 28.3 Å². The molecule has 0 aromatic rings. The van der Waals surface area contributed by atoms with Gasteiger partial charge in [-0.25, -0.2) is 4.99 Å². The zero-order valence-electron chi connectivity index (χ0n) is 13.4. The number of fused-ring (bicyclic) bond motifs is 1. The molecule has 3 atom stereocenters. The Bertz CT molecular complexity index is 624. The molecule has 8 nitrogen and oxygen atoms in total. The fraction of sp³-hybridized carbons (Fsp3) is 0.714. The standard InChI is InChI=1S/C14H20N6O2/c1-9-6-10(19-20(2)3)13(8-16)12(9,7-15)11(17)18-14(13,21-4)22-5/h9H,6H2,1-5H3,(H2,17,18)/b19-10-/t9-,12-,13-/m0/s1. The summed E-state index contributed by atoms with van der Waals surface area (Å²) in [4.78, 5) is 4.24. The molecule has 8 heteroatoms. The van der Waals surface area contributed by atoms with Gasteiger partial charge in [-0.2, -0.15) is 15.6 Å². The second-order valence-corrected chi connectivity index (χ2v) is 5.77. The van der Waals surface area contributed by atoms with Crippen LogP contribution in [0.25, 0.3) is 0 Å². The summed E-state index contributed by atoms with van der Waals surface area (Å²) < 4.78 is 10.9. The molecule has 0 radical (unpaired) electrons. The van der Waals surface area contributed by atoms with Crippen LogP contribution in [0, 0.1) is 39.4 Å². The maximum atomic E-state index is 10.1. The molecule has 1 fully saturated rings. The van der Waals surface area contributed by atoms with Crippen LogP contribution >= 0.6 is 0 Å². The fourth-order valence-electron chi connectivity index (χ4n) is 3.71. The Hall–Kier alpha value is -2.16. The first kappa shape index (κ1) is 16.2. The first-order chi connectivity index (χ1) is 10.3. The Balaban J connectivity index is 2.89. The van der Waals surface area contributed by atoms with Gasteiger partial charge in [-0.1, -0.05) is 6.92 Å². The van der Waals surface area contributed by atoms with E-state index in [0.717, 1.165) is 0 Å². The van der Waals surface area contributed by atoms with Crippen molar-refractivity contribution in [2.24, 2.45) is 32.6 Å². The van der Waals surface area contributed by atoms with E-state index in [-0.39, 0.29) is 11.8 Å². The quantitative estimate of drug-likeness (QED) is 0.590. The van der Waals surface area contributed by atoms with Crippen LogP contribution in [0.4, 0.5) is 0 Å². The van der Waals surface area contributed by atoms with Crippen LogP contribution in [0.15, 0.2) is 10.1 Å². The van der Waals surface area contributed by atoms with Gasteiger partial charge in [-0.15, -0.1) is 0 Å². The first-order valence-electron chi connectivity index (χ1n) is 6.85. The van der Waals surface area contributed by atoms with Gasteiger partial charge < -0.3 is 20.2 Å². The molecule has 0 saturated heterocycles. The van der Waals surface area contributed by atoms with Gasteiger partial charge >= 0.3 is 0 Å². The van der Waals surface area contributed by atoms with Gasteiger partial charge in [0.05, 0.1) is 17.9 Å². The minimum absolute atomic E-state index is 0.0525. The molecule has 0 unspecified atom stereocenters. The molecule has 2 rings (SSSR count). The number of hydrogen-bond acceptors (Lipinski definition) is 8. The van der Waals surface area contributed by atoms with Gasteiger partial charge in [0.2, 0.25) is 0 Å². The van der Waals surface area contributed by atoms with Crippen molar-refractivity contribution in [1.82, 2.24) is 5.01 Å². The minimum atomic E-state index is -1.68. The highest BCUT2D eigenvalue weighted by Gasteiger charge is 2.80. The summed E-state index contributed by atoms with van der Waals surface area (Å²) in [6.07, 6.45) is 0.435. The summed E-state index contributed by atoms with van der Waals surface area (Å²) >= 11 is 0. The van der Waals surface area contributed by atoms with Crippen molar-refractivity contribution in [3.05, 3.63) is 0 Å². The van der Waals surface area contributed by atoms with Crippen LogP contribution in [-0.2, 0) is 9.47 Å². The van der Waals surface area contributed by atoms with Crippen LogP contribution in [0.1, 0.15) is 13.3 Å². The zero-order valence-corrected chi connectivity index (χ0v) is 13.4. The number of nitriles is 2. The Morgan fingerprint density at radius 2 is 1.91 bits per heavy atom. The minimum Gasteiger partial charge on any atom is -0.386 e. The first-order valence-corrected chi connectivity index (χ1v) is 6.85. The van der Waals surface area contributed by atoms with Crippen molar-refractivity contribution in [3.63, 3.8) is 0 Å². The lowest BCUT2D eigenvalue weighted by molar-refractivity contribution is -0.240. The second kappa shape index (κ2) is 4.94. The lowest BCUT2D eigenvalue weighted by Gasteiger charge is -2.39. The van der Waals surface area contributed by atoms with Crippen LogP contribution in [0.3, 0.4) is 0 Å². The Kier molecular flexibility index (Phi) is 3.64. The predicted octanol–water partition coefficient (Wildman–Crippen LogP) is 0.281. The smallest absolute Gasteiger partial charge is 0.297 e. The molecule has 0 aromatic heterocycles. The lowest BCUT2D eigenvalue weighted by Crippen LogP contribution is -2.58. The highest BCUT2D eigenvalue weighted by molar-refractivity contribution is 6.09. The molecule has 1 aliphatic heterocycles. The molecule has 2 N–H and O–H groups in total. The molecule has 0 amide bonds. The Labute approximate surface area is 129 Å². The van der Waals surface area contributed by atoms with Crippen LogP contribution in [-0.4, -0.2) is 50.8 Å². The molecule has 118 valence electrons. The van der Waals surface area contributed by atoms with E-state index < -0.39 is 16.7 Å². The lowest BCUT2D eigenvalue weighted by atomic mass is 9.62. The van der Waals surface area contributed by atoms with E-state index in [1.54, 1.807) is 19.1 Å². The number of methoxy groups -OCH3 is 2. The predicted molar refractivity (Wildman–Crippen MR) is 79.4 cm³/mol. The maximum Gasteiger partial charge on any atom is 0.297 e. The number of hydrazone groups is 1. The van der Waals surface area contributed by atoms with E-state index in [2.05, 4.69) is 22.2 Å². The van der Waals surface area contributed by atoms with Crippen molar-refractivity contribution < 1.29 is 9.47 Å². The average Bonchev–Trinajstić information content (AvgIpc) is 2.86. The van der Waals surface area contributed by atoms with Crippen LogP contribution in [0.5, 0.6) is 0 Å². The van der Waals surface area contributed by atoms with Gasteiger partial charge in [0.1, 0.15) is 11.3 Å². The molecule has 1 aliphatic carbocycles. The molecule has 22 heavy (non-hydrogen) atoms. The Morgan fingerprint density at radius 3 is 2.32 bits per heavy atom. The van der Waals surface area contributed by atoms with E-state index in [0.29, 0.717) is 12.1 Å². The van der Waals surface area contributed by atoms with Gasteiger partial charge in [0.25, 0.3) is 5.91 Å². The third-order valence-electron chi connectivity index (χ3n) is 4.63. The summed E-state index contributed by atoms with van der Waals surface area (Å²) in [7, 11) is 6.25. The van der Waals surface area contributed by atoms with Crippen molar-refractivity contribution >= 4 is 11.5 Å². The number of hydrogen-bond donors (Lipinski definition) is 1. The summed E-state index contributed by atoms with van der Waals surface area (Å²) in [6.45, 7) is 1.86. The Morgan fingerprint density at radius 1 is 1.32 bits per heavy atom. The number of amidine groups is 1. The molecule has 0 bridgehead atoms. The molecule has 1 saturated carbocycles. The molecular formula is C14H20N6O2. The van der Waals surface area contributed by atoms with Crippen LogP contribution in [0.2, 0.25) is 0 Å². The SMILES string of the molecule is COC1(OC)N=C(N)[C@]2(C#N)[C@@H](C)C/C(=N/N(C)C)[C@]12C#N. The number of nitrogens with two attached hydrogens (primary N) is 1. The van der Waals surface area contributed by atoms with Gasteiger partial charge in [-0.05, 0) is 12.3 Å². The van der Waals surface area contributed by atoms with Crippen molar-refractivity contribution in [3.8, 4) is 12.1 Å². The molecule has 0 spiro atoms. The number of rotatable bonds is 3. The van der Waals surface area contributed by atoms with Gasteiger partial charge in [0.15, 0.2) is 5.41 Å². The molecule has 0 aromatic carbocycles. The second-order valence-electron chi connectivity index (χ2n) is 5.77. The molecular weight excluding hydrogens is 284 g/mol. The van der Waals surface area contributed by atoms with Gasteiger partial charge in [0, 0.05) is 28.3 Å². The highest BCUT2D eigenvalue weighted by atomic mass is 16.7. The maximum absolute atomic E-state index is 10.1. The zero-order chi connectivity index (χ0) is 16.8. The number of ether oxygens (including phenoxy) is 2. The van der Waals surface area contributed by atoms with E-state index in [4.69, 9.17) is 15.2 Å². The molecule has 1 heterocycles. The van der Waals surface area contributed by atoms with E-state index in [1.807, 2.05) is 6.92 Å². The summed E-state index contributed by atoms with van der Waals surface area (Å²) in [5.41, 5.74) is 3.72. The fourth-order valence-corrected chi connectivity index (χ4v) is 3.71. The summed E-state index contributed by atoms with van der Waals surface area (Å²) in [6, 6.07) is 4.44. The van der Waals surface area contributed by atoms with Crippen LogP contribution < -0.4 is 5.73 Å².